The van der Waals surface area contributed by atoms with E-state index in [2.05, 4.69) is 34.3 Å². The van der Waals surface area contributed by atoms with Crippen molar-refractivity contribution < 1.29 is 9.53 Å². The number of carbonyl (C=O) groups is 1. The van der Waals surface area contributed by atoms with Gasteiger partial charge in [0.25, 0.3) is 0 Å². The second-order valence-electron chi connectivity index (χ2n) is 4.16. The Morgan fingerprint density at radius 2 is 1.81 bits per heavy atom. The van der Waals surface area contributed by atoms with Crippen molar-refractivity contribution in [2.24, 2.45) is 0 Å². The van der Waals surface area contributed by atoms with E-state index < -0.39 is 0 Å². The minimum atomic E-state index is -0.371. The molecular weight excluding hydrogens is 200 g/mol. The van der Waals surface area contributed by atoms with E-state index in [4.69, 9.17) is 4.74 Å². The fourth-order valence-corrected chi connectivity index (χ4v) is 1.06. The van der Waals surface area contributed by atoms with E-state index in [1.54, 1.807) is 0 Å². The maximum absolute atomic E-state index is 10.8. The van der Waals surface area contributed by atoms with Crippen LogP contribution in [0.25, 0.3) is 0 Å². The van der Waals surface area contributed by atoms with Gasteiger partial charge >= 0.3 is 5.97 Å². The maximum atomic E-state index is 10.8. The predicted octanol–water partition coefficient (Wildman–Crippen LogP) is 3.80. The van der Waals surface area contributed by atoms with Crippen LogP contribution in [-0.4, -0.2) is 12.6 Å². The summed E-state index contributed by atoms with van der Waals surface area (Å²) in [7, 11) is 0. The lowest BCUT2D eigenvalue weighted by molar-refractivity contribution is -0.136. The van der Waals surface area contributed by atoms with Crippen LogP contribution in [0.5, 0.6) is 0 Å². The first-order valence-electron chi connectivity index (χ1n) is 5.55. The molecule has 0 bridgehead atoms. The molecule has 16 heavy (non-hydrogen) atoms. The van der Waals surface area contributed by atoms with Gasteiger partial charge in [-0.3, -0.25) is 0 Å². The zero-order chi connectivity index (χ0) is 12.6. The first kappa shape index (κ1) is 14.7. The Morgan fingerprint density at radius 1 is 1.19 bits per heavy atom. The number of allylic oxidation sites excluding steroid dienone is 3. The first-order valence-corrected chi connectivity index (χ1v) is 5.55. The van der Waals surface area contributed by atoms with Crippen LogP contribution in [0.4, 0.5) is 0 Å². The Labute approximate surface area is 98.7 Å². The van der Waals surface area contributed by atoms with Crippen LogP contribution < -0.4 is 0 Å². The van der Waals surface area contributed by atoms with Gasteiger partial charge in [0.15, 0.2) is 0 Å². The second kappa shape index (κ2) is 7.91. The van der Waals surface area contributed by atoms with Crippen molar-refractivity contribution >= 4 is 5.97 Å². The fraction of sp³-hybridized carbons (Fsp3) is 0.500. The Kier molecular flexibility index (Phi) is 7.27. The summed E-state index contributed by atoms with van der Waals surface area (Å²) in [6.45, 7) is 12.1. The van der Waals surface area contributed by atoms with Gasteiger partial charge in [0.05, 0.1) is 0 Å². The van der Waals surface area contributed by atoms with Crippen LogP contribution in [-0.2, 0) is 9.53 Å². The van der Waals surface area contributed by atoms with Crippen molar-refractivity contribution in [2.75, 3.05) is 6.61 Å². The van der Waals surface area contributed by atoms with E-state index in [1.165, 1.54) is 22.8 Å². The normalized spacial score (nSPS) is 10.9. The number of ether oxygens (including phenoxy) is 1. The van der Waals surface area contributed by atoms with Gasteiger partial charge in [0.2, 0.25) is 0 Å². The van der Waals surface area contributed by atoms with Crippen LogP contribution in [0, 0.1) is 0 Å². The number of esters is 1. The highest BCUT2D eigenvalue weighted by Gasteiger charge is 1.96. The van der Waals surface area contributed by atoms with Crippen LogP contribution in [0.3, 0.4) is 0 Å². The third kappa shape index (κ3) is 7.04. The molecule has 0 amide bonds. The van der Waals surface area contributed by atoms with Crippen LogP contribution >= 0.6 is 0 Å². The summed E-state index contributed by atoms with van der Waals surface area (Å²) < 4.78 is 4.87. The summed E-state index contributed by atoms with van der Waals surface area (Å²) in [6.07, 6.45) is 5.21. The SMILES string of the molecule is C=CC(=O)OC/C=C(\C)CCC(C)=C(C)C. The topological polar surface area (TPSA) is 26.3 Å². The molecule has 0 fully saturated rings. The first-order chi connectivity index (χ1) is 7.47. The molecule has 2 nitrogen and oxygen atoms in total. The molecule has 0 aromatic heterocycles. The number of hydrogen-bond acceptors (Lipinski definition) is 2. The molecule has 0 aliphatic rings. The molecule has 0 N–H and O–H groups in total. The molecular formula is C14H22O2. The Hall–Kier alpha value is -1.31. The highest BCUT2D eigenvalue weighted by molar-refractivity contribution is 5.81. The van der Waals surface area contributed by atoms with E-state index >= 15 is 0 Å². The van der Waals surface area contributed by atoms with Crippen molar-refractivity contribution in [1.82, 2.24) is 0 Å². The van der Waals surface area contributed by atoms with E-state index in [1.807, 2.05) is 6.08 Å². The molecule has 0 aromatic carbocycles. The monoisotopic (exact) mass is 222 g/mol. The van der Waals surface area contributed by atoms with E-state index in [9.17, 15) is 4.79 Å². The highest BCUT2D eigenvalue weighted by atomic mass is 16.5. The molecule has 0 aliphatic heterocycles. The summed E-state index contributed by atoms with van der Waals surface area (Å²) in [5.74, 6) is -0.371. The minimum absolute atomic E-state index is 0.338. The van der Waals surface area contributed by atoms with Gasteiger partial charge < -0.3 is 4.74 Å². The zero-order valence-electron chi connectivity index (χ0n) is 10.8. The third-order valence-electron chi connectivity index (χ3n) is 2.57. The molecule has 0 heterocycles. The molecule has 0 saturated heterocycles. The summed E-state index contributed by atoms with van der Waals surface area (Å²) in [5, 5.41) is 0. The number of rotatable bonds is 6. The highest BCUT2D eigenvalue weighted by Crippen LogP contribution is 2.13. The minimum Gasteiger partial charge on any atom is -0.458 e. The van der Waals surface area contributed by atoms with E-state index in [0.29, 0.717) is 6.61 Å². The van der Waals surface area contributed by atoms with Gasteiger partial charge in [-0.15, -0.1) is 0 Å². The van der Waals surface area contributed by atoms with Gasteiger partial charge in [-0.1, -0.05) is 23.3 Å². The van der Waals surface area contributed by atoms with Gasteiger partial charge in [0, 0.05) is 6.08 Å². The maximum Gasteiger partial charge on any atom is 0.330 e. The molecule has 0 radical (unpaired) electrons. The average Bonchev–Trinajstić information content (AvgIpc) is 2.25. The molecule has 0 aromatic rings. The van der Waals surface area contributed by atoms with Crippen LogP contribution in [0.2, 0.25) is 0 Å². The molecule has 0 rings (SSSR count). The van der Waals surface area contributed by atoms with Crippen molar-refractivity contribution in [3.63, 3.8) is 0 Å². The van der Waals surface area contributed by atoms with Gasteiger partial charge in [0.1, 0.15) is 6.61 Å². The average molecular weight is 222 g/mol. The second-order valence-corrected chi connectivity index (χ2v) is 4.16. The smallest absolute Gasteiger partial charge is 0.330 e. The summed E-state index contributed by atoms with van der Waals surface area (Å²) >= 11 is 0. The summed E-state index contributed by atoms with van der Waals surface area (Å²) in [6, 6.07) is 0. The van der Waals surface area contributed by atoms with Crippen molar-refractivity contribution in [3.05, 3.63) is 35.5 Å². The molecule has 2 heteroatoms. The molecule has 0 spiro atoms. The molecule has 0 aliphatic carbocycles. The molecule has 90 valence electrons. The van der Waals surface area contributed by atoms with E-state index in [-0.39, 0.29) is 5.97 Å². The predicted molar refractivity (Wildman–Crippen MR) is 68.2 cm³/mol. The van der Waals surface area contributed by atoms with Gasteiger partial charge in [-0.25, -0.2) is 4.79 Å². The lowest BCUT2D eigenvalue weighted by Crippen LogP contribution is -1.99. The Morgan fingerprint density at radius 3 is 2.31 bits per heavy atom. The molecule has 0 unspecified atom stereocenters. The Balaban J connectivity index is 3.93. The number of hydrogen-bond donors (Lipinski definition) is 0. The van der Waals surface area contributed by atoms with Crippen LogP contribution in [0.1, 0.15) is 40.5 Å². The van der Waals surface area contributed by atoms with Crippen molar-refractivity contribution in [2.45, 2.75) is 40.5 Å². The lowest BCUT2D eigenvalue weighted by atomic mass is 10.0. The lowest BCUT2D eigenvalue weighted by Gasteiger charge is -2.04. The largest absolute Gasteiger partial charge is 0.458 e. The number of carbonyl (C=O) groups excluding carboxylic acids is 1. The van der Waals surface area contributed by atoms with Gasteiger partial charge in [-0.2, -0.15) is 0 Å². The zero-order valence-corrected chi connectivity index (χ0v) is 10.8. The van der Waals surface area contributed by atoms with Crippen molar-refractivity contribution in [3.8, 4) is 0 Å². The molecule has 0 saturated carbocycles. The molecule has 0 atom stereocenters. The van der Waals surface area contributed by atoms with Crippen molar-refractivity contribution in [1.29, 1.82) is 0 Å². The van der Waals surface area contributed by atoms with Gasteiger partial charge in [-0.05, 0) is 46.6 Å². The van der Waals surface area contributed by atoms with E-state index in [0.717, 1.165) is 12.8 Å². The third-order valence-corrected chi connectivity index (χ3v) is 2.57. The summed E-state index contributed by atoms with van der Waals surface area (Å²) in [5.41, 5.74) is 4.05. The summed E-state index contributed by atoms with van der Waals surface area (Å²) in [4.78, 5) is 10.8. The standard InChI is InChI=1S/C14H22O2/c1-6-14(15)16-10-9-12(4)7-8-13(5)11(2)3/h6,9H,1,7-8,10H2,2-5H3/b12-9+. The quantitative estimate of drug-likeness (QED) is 0.388. The van der Waals surface area contributed by atoms with Crippen LogP contribution in [0.15, 0.2) is 35.5 Å². The fourth-order valence-electron chi connectivity index (χ4n) is 1.06. The Bertz CT molecular complexity index is 305.